The zero-order valence-electron chi connectivity index (χ0n) is 59.1. The summed E-state index contributed by atoms with van der Waals surface area (Å²) in [6.07, 6.45) is 8.78. The lowest BCUT2D eigenvalue weighted by Crippen LogP contribution is -2.54. The summed E-state index contributed by atoms with van der Waals surface area (Å²) in [4.78, 5) is 6.35. The van der Waals surface area contributed by atoms with Crippen LogP contribution >= 0.6 is 23.1 Å². The molecule has 1 aliphatic heterocycles. The van der Waals surface area contributed by atoms with Gasteiger partial charge < -0.3 is 42.7 Å². The maximum Gasteiger partial charge on any atom is 0.328 e. The van der Waals surface area contributed by atoms with E-state index in [1.54, 1.807) is 40.2 Å². The Hall–Kier alpha value is -9.73. The fourth-order valence-corrected chi connectivity index (χ4v) is 16.2. The third-order valence-electron chi connectivity index (χ3n) is 19.2. The maximum atomic E-state index is 12.8. The Labute approximate surface area is 598 Å². The molecule has 0 amide bonds. The van der Waals surface area contributed by atoms with Gasteiger partial charge in [-0.05, 0) is 66.8 Å². The number of nitrogens with zero attached hydrogens (tertiary/aromatic N) is 5. The topological polar surface area (TPSA) is 138 Å². The summed E-state index contributed by atoms with van der Waals surface area (Å²) in [7, 11) is 6.52. The van der Waals surface area contributed by atoms with E-state index in [2.05, 4.69) is 201 Å². The Bertz CT molecular complexity index is 4630. The number of nitriles is 2. The molecule has 0 saturated carbocycles. The second kappa shape index (κ2) is 32.5. The average Bonchev–Trinajstić information content (AvgIpc) is 1.52. The van der Waals surface area contributed by atoms with Gasteiger partial charge in [-0.3, -0.25) is 0 Å². The lowest BCUT2D eigenvalue weighted by molar-refractivity contribution is 0.275. The van der Waals surface area contributed by atoms with Crippen LogP contribution in [0.15, 0.2) is 199 Å². The van der Waals surface area contributed by atoms with Gasteiger partial charge in [-0.2, -0.15) is 10.5 Å². The number of benzene rings is 8. The van der Waals surface area contributed by atoms with Gasteiger partial charge in [-0.25, -0.2) is 4.98 Å². The molecular weight excluding hydrogens is 1270 g/mol. The molecule has 1 N–H and O–H groups in total. The molecule has 3 unspecified atom stereocenters. The summed E-state index contributed by atoms with van der Waals surface area (Å²) in [6, 6.07) is 72.6. The first-order valence-corrected chi connectivity index (χ1v) is 36.8. The first-order chi connectivity index (χ1) is 48.8. The minimum Gasteiger partial charge on any atom is -0.494 e. The van der Waals surface area contributed by atoms with Gasteiger partial charge in [0.2, 0.25) is 0 Å². The predicted octanol–water partition coefficient (Wildman–Crippen LogP) is 16.1. The third kappa shape index (κ3) is 15.2. The van der Waals surface area contributed by atoms with Crippen LogP contribution in [0.3, 0.4) is 0 Å². The van der Waals surface area contributed by atoms with Crippen LogP contribution in [0.2, 0.25) is 0 Å². The molecule has 3 aromatic heterocycles. The third-order valence-corrected chi connectivity index (χ3v) is 21.4. The first kappa shape index (κ1) is 70.1. The second-order valence-electron chi connectivity index (χ2n) is 27.1. The molecule has 16 heteroatoms. The highest BCUT2D eigenvalue weighted by Gasteiger charge is 2.39. The van der Waals surface area contributed by atoms with Gasteiger partial charge in [0.05, 0.1) is 79.9 Å². The van der Waals surface area contributed by atoms with Crippen LogP contribution < -0.4 is 66.3 Å². The number of hydrogen-bond donors (Lipinski definition) is 1. The molecule has 0 aliphatic carbocycles. The van der Waals surface area contributed by atoms with E-state index >= 15 is 0 Å². The molecule has 3 atom stereocenters. The normalized spacial score (nSPS) is 13.8. The van der Waals surface area contributed by atoms with Crippen LogP contribution in [0.25, 0.3) is 54.7 Å². The van der Waals surface area contributed by atoms with Crippen molar-refractivity contribution in [3.05, 3.63) is 210 Å². The van der Waals surface area contributed by atoms with E-state index < -0.39 is 19.1 Å². The van der Waals surface area contributed by atoms with Gasteiger partial charge in [0.15, 0.2) is 23.0 Å². The number of methoxy groups -OCH3 is 4. The molecule has 100 heavy (non-hydrogen) atoms. The smallest absolute Gasteiger partial charge is 0.328 e. The molecule has 508 valence electrons. The fraction of sp³-hybridized carbons (Fsp3) is 0.298. The van der Waals surface area contributed by atoms with Crippen molar-refractivity contribution in [2.24, 2.45) is 23.7 Å². The van der Waals surface area contributed by atoms with Crippen LogP contribution in [0.4, 0.5) is 5.69 Å². The minimum atomic E-state index is -0.671. The number of thiazole rings is 1. The molecule has 0 bridgehead atoms. The Morgan fingerprint density at radius 1 is 0.500 bits per heavy atom. The fourth-order valence-electron chi connectivity index (χ4n) is 14.1. The van der Waals surface area contributed by atoms with Crippen LogP contribution in [-0.2, 0) is 0 Å². The van der Waals surface area contributed by atoms with Crippen molar-refractivity contribution in [1.82, 2.24) is 13.9 Å². The number of thioether (sulfide) groups is 1. The Balaban J connectivity index is 1.30. The van der Waals surface area contributed by atoms with Crippen LogP contribution in [-0.4, -0.2) is 74.7 Å². The molecule has 0 saturated heterocycles. The van der Waals surface area contributed by atoms with E-state index in [-0.39, 0.29) is 0 Å². The summed E-state index contributed by atoms with van der Waals surface area (Å²) >= 11 is 2.98. The van der Waals surface area contributed by atoms with Crippen molar-refractivity contribution in [3.63, 3.8) is 0 Å². The van der Waals surface area contributed by atoms with Gasteiger partial charge in [-0.15, -0.1) is 11.3 Å². The predicted molar refractivity (Wildman–Crippen MR) is 415 cm³/mol. The number of rotatable bonds is 30. The van der Waals surface area contributed by atoms with E-state index in [1.807, 2.05) is 60.7 Å². The van der Waals surface area contributed by atoms with Gasteiger partial charge >= 0.3 is 13.7 Å². The van der Waals surface area contributed by atoms with Crippen molar-refractivity contribution in [2.45, 2.75) is 103 Å². The van der Waals surface area contributed by atoms with Crippen molar-refractivity contribution < 1.29 is 28.4 Å². The number of fused-ring (bicyclic) bond motifs is 3. The molecule has 4 heterocycles. The van der Waals surface area contributed by atoms with Gasteiger partial charge in [-0.1, -0.05) is 259 Å². The lowest BCUT2D eigenvalue weighted by Gasteiger charge is -2.25. The van der Waals surface area contributed by atoms with Gasteiger partial charge in [0.25, 0.3) is 0 Å². The molecule has 1 aliphatic rings. The van der Waals surface area contributed by atoms with Crippen LogP contribution in [0.5, 0.6) is 34.5 Å². The van der Waals surface area contributed by atoms with E-state index in [1.165, 1.54) is 37.0 Å². The Morgan fingerprint density at radius 2 is 0.940 bits per heavy atom. The van der Waals surface area contributed by atoms with Crippen molar-refractivity contribution in [2.75, 3.05) is 47.0 Å². The highest BCUT2D eigenvalue weighted by Crippen LogP contribution is 2.48. The number of anilines is 1. The molecule has 8 aromatic carbocycles. The standard InChI is InChI=1S/C84H88B2N6O6S2/c1-55(2)27-23-29-57(5)43-45-97-65-41-25-31-59(47-65)79-77-78(82(91(79)85(61-33-15-11-16-34-61)62-35-17-12-18-36-62)68(54-88)84-90-70-50-72(94-8)74(96-10)52-76(70)100-84)80(60-32-26-42-66(48-60)98-46-44-58(6)30-24-28-56(3)4)92(86(63-37-19-13-20-38-63)64-39-21-14-22-40-64)81(77)67(53-87)83-89-69-49-71(93-7)73(95-9)51-75(69)99-83/h11-22,25-26,31-42,47-52,55-58,83,89H,23-24,27-30,43-46H2,1-10H3/b81-67-,82-68-. The monoisotopic (exact) mass is 1360 g/mol. The second-order valence-corrected chi connectivity index (χ2v) is 29.3. The minimum absolute atomic E-state index is 0.323. The first-order valence-electron chi connectivity index (χ1n) is 35.1. The van der Waals surface area contributed by atoms with Gasteiger partial charge in [0.1, 0.15) is 33.5 Å². The molecule has 12 nitrogen and oxygen atoms in total. The van der Waals surface area contributed by atoms with Crippen LogP contribution in [0, 0.1) is 46.3 Å². The Morgan fingerprint density at radius 3 is 1.39 bits per heavy atom. The lowest BCUT2D eigenvalue weighted by atomic mass is 9.50. The summed E-state index contributed by atoms with van der Waals surface area (Å²) in [5.41, 5.74) is 9.25. The van der Waals surface area contributed by atoms with Crippen molar-refractivity contribution in [1.29, 1.82) is 10.5 Å². The summed E-state index contributed by atoms with van der Waals surface area (Å²) < 4.78 is 43.2. The molecular formula is C84H88B2N6O6S2. The van der Waals surface area contributed by atoms with E-state index in [4.69, 9.17) is 33.4 Å². The molecule has 0 radical (unpaired) electrons. The maximum absolute atomic E-state index is 12.8. The Kier molecular flexibility index (Phi) is 22.8. The molecule has 11 aromatic rings. The van der Waals surface area contributed by atoms with Crippen molar-refractivity contribution in [3.8, 4) is 69.2 Å². The SMILES string of the molecule is COc1cc2c(cc1OC)SC(/C(C#N)=c1/c3c(-c4cccc(OCCC(C)CCCC(C)C)c4)n(B(c4ccccc4)c4ccccc4)/c(=C(/C#N)c4nc5cc(OC)c(OC)cc5s4)c3c(-c3cccc(OCCC(C)CCCC(C)C)c3)n1B(c1ccccc1)c1ccccc1)N2. The van der Waals surface area contributed by atoms with Crippen molar-refractivity contribution >= 4 is 96.5 Å². The molecule has 0 fully saturated rings. The number of ether oxygens (including phenoxy) is 6. The molecule has 12 rings (SSSR count). The molecule has 0 spiro atoms. The quantitative estimate of drug-likeness (QED) is 0.0431. The van der Waals surface area contributed by atoms with E-state index in [0.29, 0.717) is 104 Å². The summed E-state index contributed by atoms with van der Waals surface area (Å²) in [6.45, 7) is 13.7. The number of hydrogen-bond acceptors (Lipinski definition) is 12. The highest BCUT2D eigenvalue weighted by atomic mass is 32.2. The summed E-state index contributed by atoms with van der Waals surface area (Å²) in [5, 5.41) is 32.0. The highest BCUT2D eigenvalue weighted by molar-refractivity contribution is 8.01. The van der Waals surface area contributed by atoms with E-state index in [0.717, 1.165) is 96.1 Å². The largest absolute Gasteiger partial charge is 0.494 e. The van der Waals surface area contributed by atoms with Crippen LogP contribution in [0.1, 0.15) is 97.9 Å². The van der Waals surface area contributed by atoms with E-state index in [9.17, 15) is 10.5 Å². The average molecular weight is 1360 g/mol. The zero-order valence-corrected chi connectivity index (χ0v) is 60.7. The zero-order chi connectivity index (χ0) is 69.8. The number of aromatic nitrogens is 3. The number of nitrogens with one attached hydrogen (secondary N) is 1. The summed E-state index contributed by atoms with van der Waals surface area (Å²) in [5.74, 6) is 5.84. The van der Waals surface area contributed by atoms with Gasteiger partial charge in [0, 0.05) is 56.4 Å².